The molecule has 1 fully saturated rings. The first-order valence-electron chi connectivity index (χ1n) is 8.10. The molecule has 0 spiro atoms. The minimum Gasteiger partial charge on any atom is -0.468 e. The second-order valence-corrected chi connectivity index (χ2v) is 6.28. The molecule has 1 aliphatic carbocycles. The molecule has 1 aliphatic rings. The van der Waals surface area contributed by atoms with E-state index >= 15 is 0 Å². The molecular formula is C18H19F3N2O2. The largest absolute Gasteiger partial charge is 0.468 e. The maximum absolute atomic E-state index is 12.8. The van der Waals surface area contributed by atoms with Gasteiger partial charge in [0.15, 0.2) is 0 Å². The number of furan rings is 1. The topological polar surface area (TPSA) is 45.5 Å². The average molecular weight is 352 g/mol. The van der Waals surface area contributed by atoms with Crippen molar-refractivity contribution in [3.05, 3.63) is 59.5 Å². The molecule has 1 N–H and O–H groups in total. The second kappa shape index (κ2) is 7.31. The molecule has 25 heavy (non-hydrogen) atoms. The van der Waals surface area contributed by atoms with Crippen LogP contribution in [-0.4, -0.2) is 29.6 Å². The first-order chi connectivity index (χ1) is 11.9. The minimum absolute atomic E-state index is 0.0659. The molecule has 0 saturated heterocycles. The quantitative estimate of drug-likeness (QED) is 0.826. The van der Waals surface area contributed by atoms with Gasteiger partial charge in [-0.15, -0.1) is 0 Å². The van der Waals surface area contributed by atoms with Crippen molar-refractivity contribution in [3.8, 4) is 0 Å². The summed E-state index contributed by atoms with van der Waals surface area (Å²) in [5.74, 6) is 0.335. The number of rotatable bonds is 7. The van der Waals surface area contributed by atoms with Crippen molar-refractivity contribution in [2.24, 2.45) is 0 Å². The molecule has 0 bridgehead atoms. The number of nitrogens with zero attached hydrogens (tertiary/aromatic N) is 1. The molecule has 4 nitrogen and oxygen atoms in total. The highest BCUT2D eigenvalue weighted by Crippen LogP contribution is 2.21. The van der Waals surface area contributed by atoms with E-state index in [1.54, 1.807) is 36.4 Å². The molecule has 3 rings (SSSR count). The molecule has 0 unspecified atom stereocenters. The Labute approximate surface area is 143 Å². The Morgan fingerprint density at radius 3 is 2.44 bits per heavy atom. The fourth-order valence-corrected chi connectivity index (χ4v) is 2.56. The predicted molar refractivity (Wildman–Crippen MR) is 85.8 cm³/mol. The summed E-state index contributed by atoms with van der Waals surface area (Å²) in [5, 5.41) is 2.88. The summed E-state index contributed by atoms with van der Waals surface area (Å²) in [6, 6.07) is 10.2. The second-order valence-electron chi connectivity index (χ2n) is 6.28. The molecule has 7 heteroatoms. The molecule has 1 saturated carbocycles. The van der Waals surface area contributed by atoms with Crippen LogP contribution in [-0.2, 0) is 13.1 Å². The van der Waals surface area contributed by atoms with Crippen LogP contribution in [0, 0.1) is 0 Å². The molecule has 0 atom stereocenters. The molecule has 134 valence electrons. The van der Waals surface area contributed by atoms with Gasteiger partial charge in [-0.25, -0.2) is 0 Å². The van der Waals surface area contributed by atoms with Gasteiger partial charge < -0.3 is 9.73 Å². The number of nitrogens with one attached hydrogen (secondary N) is 1. The number of halogens is 3. The Morgan fingerprint density at radius 2 is 1.88 bits per heavy atom. The van der Waals surface area contributed by atoms with E-state index < -0.39 is 12.7 Å². The number of hydrogen-bond acceptors (Lipinski definition) is 3. The van der Waals surface area contributed by atoms with Crippen LogP contribution in [0.15, 0.2) is 47.1 Å². The SMILES string of the molecule is O=C(NC1CC1)c1ccc(CN(Cc2ccco2)CC(F)(F)F)cc1. The van der Waals surface area contributed by atoms with Gasteiger partial charge in [-0.1, -0.05) is 12.1 Å². The van der Waals surface area contributed by atoms with Crippen molar-refractivity contribution >= 4 is 5.91 Å². The number of amides is 1. The summed E-state index contributed by atoms with van der Waals surface area (Å²) in [5.41, 5.74) is 1.22. The van der Waals surface area contributed by atoms with Crippen LogP contribution in [0.4, 0.5) is 13.2 Å². The standard InChI is InChI=1S/C18H19F3N2O2/c19-18(20,21)12-23(11-16-2-1-9-25-16)10-13-3-5-14(6-4-13)17(24)22-15-7-8-15/h1-6,9,15H,7-8,10-12H2,(H,22,24). The third kappa shape index (κ3) is 5.63. The maximum Gasteiger partial charge on any atom is 0.401 e. The van der Waals surface area contributed by atoms with Crippen molar-refractivity contribution < 1.29 is 22.4 Å². The van der Waals surface area contributed by atoms with Gasteiger partial charge in [0.2, 0.25) is 0 Å². The third-order valence-corrected chi connectivity index (χ3v) is 3.90. The highest BCUT2D eigenvalue weighted by Gasteiger charge is 2.31. The number of hydrogen-bond donors (Lipinski definition) is 1. The molecule has 1 aromatic carbocycles. The van der Waals surface area contributed by atoms with Crippen LogP contribution >= 0.6 is 0 Å². The summed E-state index contributed by atoms with van der Waals surface area (Å²) >= 11 is 0. The van der Waals surface area contributed by atoms with E-state index in [-0.39, 0.29) is 25.0 Å². The fourth-order valence-electron chi connectivity index (χ4n) is 2.56. The van der Waals surface area contributed by atoms with Crippen LogP contribution in [0.3, 0.4) is 0 Å². The van der Waals surface area contributed by atoms with Crippen molar-refractivity contribution in [1.82, 2.24) is 10.2 Å². The van der Waals surface area contributed by atoms with Crippen LogP contribution in [0.1, 0.15) is 34.5 Å². The summed E-state index contributed by atoms with van der Waals surface area (Å²) in [6.45, 7) is -0.848. The van der Waals surface area contributed by atoms with Crippen molar-refractivity contribution in [3.63, 3.8) is 0 Å². The Hall–Kier alpha value is -2.28. The Morgan fingerprint density at radius 1 is 1.16 bits per heavy atom. The van der Waals surface area contributed by atoms with Crippen LogP contribution in [0.5, 0.6) is 0 Å². The van der Waals surface area contributed by atoms with E-state index in [2.05, 4.69) is 5.32 Å². The van der Waals surface area contributed by atoms with Gasteiger partial charge in [0.05, 0.1) is 19.4 Å². The zero-order valence-corrected chi connectivity index (χ0v) is 13.6. The highest BCUT2D eigenvalue weighted by atomic mass is 19.4. The fraction of sp³-hybridized carbons (Fsp3) is 0.389. The van der Waals surface area contributed by atoms with Crippen molar-refractivity contribution in [2.45, 2.75) is 38.1 Å². The van der Waals surface area contributed by atoms with E-state index in [4.69, 9.17) is 4.42 Å². The van der Waals surface area contributed by atoms with Gasteiger partial charge in [-0.05, 0) is 42.7 Å². The Bertz CT molecular complexity index is 692. The number of alkyl halides is 3. The van der Waals surface area contributed by atoms with E-state index in [9.17, 15) is 18.0 Å². The lowest BCUT2D eigenvalue weighted by Crippen LogP contribution is -2.33. The monoisotopic (exact) mass is 352 g/mol. The van der Waals surface area contributed by atoms with E-state index in [1.807, 2.05) is 0 Å². The lowest BCUT2D eigenvalue weighted by Gasteiger charge is -2.22. The number of benzene rings is 1. The zero-order valence-electron chi connectivity index (χ0n) is 13.6. The molecular weight excluding hydrogens is 333 g/mol. The summed E-state index contributed by atoms with van der Waals surface area (Å²) < 4.78 is 43.6. The first-order valence-corrected chi connectivity index (χ1v) is 8.10. The lowest BCUT2D eigenvalue weighted by molar-refractivity contribution is -0.148. The maximum atomic E-state index is 12.8. The first kappa shape index (κ1) is 17.5. The summed E-state index contributed by atoms with van der Waals surface area (Å²) in [6.07, 6.45) is -0.850. The molecule has 1 aromatic heterocycles. The van der Waals surface area contributed by atoms with Gasteiger partial charge in [0.1, 0.15) is 5.76 Å². The summed E-state index contributed by atoms with van der Waals surface area (Å²) in [4.78, 5) is 13.2. The van der Waals surface area contributed by atoms with Gasteiger partial charge in [0, 0.05) is 18.2 Å². The number of carbonyl (C=O) groups excluding carboxylic acids is 1. The van der Waals surface area contributed by atoms with Crippen molar-refractivity contribution in [1.29, 1.82) is 0 Å². The normalized spacial score (nSPS) is 14.7. The molecule has 2 aromatic rings. The smallest absolute Gasteiger partial charge is 0.401 e. The molecule has 1 amide bonds. The van der Waals surface area contributed by atoms with E-state index in [0.29, 0.717) is 16.9 Å². The van der Waals surface area contributed by atoms with Crippen LogP contribution < -0.4 is 5.32 Å². The molecule has 0 aliphatic heterocycles. The van der Waals surface area contributed by atoms with E-state index in [1.165, 1.54) is 11.2 Å². The van der Waals surface area contributed by atoms with Crippen LogP contribution in [0.2, 0.25) is 0 Å². The predicted octanol–water partition coefficient (Wildman–Crippen LogP) is 3.74. The van der Waals surface area contributed by atoms with E-state index in [0.717, 1.165) is 12.8 Å². The Kier molecular flexibility index (Phi) is 5.13. The Balaban J connectivity index is 1.64. The zero-order chi connectivity index (χ0) is 17.9. The lowest BCUT2D eigenvalue weighted by atomic mass is 10.1. The van der Waals surface area contributed by atoms with Gasteiger partial charge in [0.25, 0.3) is 5.91 Å². The van der Waals surface area contributed by atoms with Gasteiger partial charge in [-0.3, -0.25) is 9.69 Å². The molecule has 0 radical (unpaired) electrons. The van der Waals surface area contributed by atoms with Gasteiger partial charge in [-0.2, -0.15) is 13.2 Å². The minimum atomic E-state index is -4.29. The summed E-state index contributed by atoms with van der Waals surface area (Å²) in [7, 11) is 0. The van der Waals surface area contributed by atoms with Crippen LogP contribution in [0.25, 0.3) is 0 Å². The highest BCUT2D eigenvalue weighted by molar-refractivity contribution is 5.94. The average Bonchev–Trinajstić information content (AvgIpc) is 3.19. The third-order valence-electron chi connectivity index (χ3n) is 3.90. The number of carbonyl (C=O) groups is 1. The van der Waals surface area contributed by atoms with Gasteiger partial charge >= 0.3 is 6.18 Å². The molecule has 1 heterocycles. The van der Waals surface area contributed by atoms with Crippen molar-refractivity contribution in [2.75, 3.05) is 6.54 Å².